The summed E-state index contributed by atoms with van der Waals surface area (Å²) in [6.45, 7) is -0.181. The monoisotopic (exact) mass is 354 g/mol. The number of anilines is 1. The molecular weight excluding hydrogens is 342 g/mol. The number of fused-ring (bicyclic) bond motifs is 1. The molecule has 3 rings (SSSR count). The van der Waals surface area contributed by atoms with Gasteiger partial charge in [0.15, 0.2) is 17.2 Å². The lowest BCUT2D eigenvalue weighted by Gasteiger charge is -2.09. The number of hydrogen-bond acceptors (Lipinski definition) is 5. The van der Waals surface area contributed by atoms with E-state index in [1.54, 1.807) is 18.2 Å². The quantitative estimate of drug-likeness (QED) is 0.613. The lowest BCUT2D eigenvalue weighted by molar-refractivity contribution is 0.105. The van der Waals surface area contributed by atoms with Crippen molar-refractivity contribution in [3.8, 4) is 11.5 Å². The first-order valence-corrected chi connectivity index (χ1v) is 7.44. The van der Waals surface area contributed by atoms with E-state index in [1.807, 2.05) is 0 Å². The molecule has 0 amide bonds. The van der Waals surface area contributed by atoms with E-state index in [4.69, 9.17) is 21.1 Å². The van der Waals surface area contributed by atoms with Crippen LogP contribution in [-0.2, 0) is 0 Å². The van der Waals surface area contributed by atoms with Crippen molar-refractivity contribution in [1.82, 2.24) is 4.98 Å². The van der Waals surface area contributed by atoms with Gasteiger partial charge in [0.1, 0.15) is 5.52 Å². The zero-order valence-corrected chi connectivity index (χ0v) is 13.0. The van der Waals surface area contributed by atoms with Crippen molar-refractivity contribution >= 4 is 28.4 Å². The van der Waals surface area contributed by atoms with Crippen molar-refractivity contribution < 1.29 is 23.4 Å². The number of halogens is 3. The Balaban J connectivity index is 1.93. The molecule has 0 radical (unpaired) electrons. The van der Waals surface area contributed by atoms with Crippen LogP contribution in [0.3, 0.4) is 0 Å². The SMILES string of the molecule is OCC(O)CNc1ccc2oc(-c3cc(F)c(F)cc3Cl)nc2c1. The molecule has 1 heterocycles. The van der Waals surface area contributed by atoms with Crippen LogP contribution in [0.15, 0.2) is 34.7 Å². The molecular formula is C16H13ClF2N2O3. The molecule has 24 heavy (non-hydrogen) atoms. The van der Waals surface area contributed by atoms with E-state index in [0.717, 1.165) is 12.1 Å². The maximum atomic E-state index is 13.4. The molecule has 0 aliphatic rings. The van der Waals surface area contributed by atoms with Gasteiger partial charge in [-0.05, 0) is 30.3 Å². The predicted octanol–water partition coefficient (Wildman–Crippen LogP) is 3.19. The fourth-order valence-corrected chi connectivity index (χ4v) is 2.37. The Bertz CT molecular complexity index is 885. The van der Waals surface area contributed by atoms with E-state index >= 15 is 0 Å². The summed E-state index contributed by atoms with van der Waals surface area (Å²) in [6, 6.07) is 6.81. The summed E-state index contributed by atoms with van der Waals surface area (Å²) in [7, 11) is 0. The third-order valence-corrected chi connectivity index (χ3v) is 3.69. The highest BCUT2D eigenvalue weighted by Crippen LogP contribution is 2.32. The van der Waals surface area contributed by atoms with Gasteiger partial charge in [0.25, 0.3) is 0 Å². The average molecular weight is 355 g/mol. The molecule has 0 bridgehead atoms. The number of benzene rings is 2. The third kappa shape index (κ3) is 3.33. The number of nitrogens with zero attached hydrogens (tertiary/aromatic N) is 1. The zero-order valence-electron chi connectivity index (χ0n) is 12.3. The molecule has 8 heteroatoms. The van der Waals surface area contributed by atoms with Gasteiger partial charge in [-0.3, -0.25) is 0 Å². The van der Waals surface area contributed by atoms with Crippen molar-refractivity contribution in [3.05, 3.63) is 47.0 Å². The molecule has 1 unspecified atom stereocenters. The maximum Gasteiger partial charge on any atom is 0.228 e. The van der Waals surface area contributed by atoms with Gasteiger partial charge in [0.2, 0.25) is 5.89 Å². The molecule has 0 aliphatic heterocycles. The molecule has 0 spiro atoms. The number of aliphatic hydroxyl groups is 2. The van der Waals surface area contributed by atoms with E-state index in [2.05, 4.69) is 10.3 Å². The van der Waals surface area contributed by atoms with Gasteiger partial charge >= 0.3 is 0 Å². The lowest BCUT2D eigenvalue weighted by atomic mass is 10.2. The Labute approximate surface area is 140 Å². The zero-order chi connectivity index (χ0) is 17.3. The highest BCUT2D eigenvalue weighted by molar-refractivity contribution is 6.33. The summed E-state index contributed by atoms with van der Waals surface area (Å²) < 4.78 is 32.1. The predicted molar refractivity (Wildman–Crippen MR) is 86.0 cm³/mol. The van der Waals surface area contributed by atoms with Crippen molar-refractivity contribution in [2.24, 2.45) is 0 Å². The highest BCUT2D eigenvalue weighted by atomic mass is 35.5. The largest absolute Gasteiger partial charge is 0.436 e. The van der Waals surface area contributed by atoms with Crippen LogP contribution in [0.25, 0.3) is 22.6 Å². The first-order chi connectivity index (χ1) is 11.5. The second kappa shape index (κ2) is 6.72. The van der Waals surface area contributed by atoms with Gasteiger partial charge < -0.3 is 19.9 Å². The van der Waals surface area contributed by atoms with E-state index in [0.29, 0.717) is 16.8 Å². The average Bonchev–Trinajstić information content (AvgIpc) is 2.98. The Hall–Kier alpha value is -2.22. The number of aliphatic hydroxyl groups excluding tert-OH is 2. The Morgan fingerprint density at radius 1 is 1.21 bits per heavy atom. The van der Waals surface area contributed by atoms with Crippen LogP contribution in [0, 0.1) is 11.6 Å². The molecule has 0 saturated carbocycles. The fraction of sp³-hybridized carbons (Fsp3) is 0.188. The van der Waals surface area contributed by atoms with Gasteiger partial charge in [0, 0.05) is 12.2 Å². The second-order valence-corrected chi connectivity index (χ2v) is 5.57. The van der Waals surface area contributed by atoms with Crippen molar-refractivity contribution in [3.63, 3.8) is 0 Å². The Morgan fingerprint density at radius 2 is 1.96 bits per heavy atom. The summed E-state index contributed by atoms with van der Waals surface area (Å²) in [5, 5.41) is 21.1. The molecule has 1 atom stereocenters. The van der Waals surface area contributed by atoms with Crippen LogP contribution >= 0.6 is 11.6 Å². The normalized spacial score (nSPS) is 12.5. The van der Waals surface area contributed by atoms with E-state index < -0.39 is 17.7 Å². The van der Waals surface area contributed by atoms with Gasteiger partial charge in [-0.25, -0.2) is 13.8 Å². The number of nitrogens with one attached hydrogen (secondary N) is 1. The van der Waals surface area contributed by atoms with Gasteiger partial charge in [-0.15, -0.1) is 0 Å². The van der Waals surface area contributed by atoms with Crippen molar-refractivity contribution in [2.75, 3.05) is 18.5 Å². The van der Waals surface area contributed by atoms with Crippen LogP contribution in [0.1, 0.15) is 0 Å². The molecule has 3 N–H and O–H groups in total. The van der Waals surface area contributed by atoms with Crippen molar-refractivity contribution in [2.45, 2.75) is 6.10 Å². The van der Waals surface area contributed by atoms with Crippen LogP contribution in [0.4, 0.5) is 14.5 Å². The molecule has 0 aliphatic carbocycles. The van der Waals surface area contributed by atoms with E-state index in [9.17, 15) is 13.9 Å². The van der Waals surface area contributed by atoms with Crippen LogP contribution in [-0.4, -0.2) is 34.5 Å². The first-order valence-electron chi connectivity index (χ1n) is 7.06. The Morgan fingerprint density at radius 3 is 2.71 bits per heavy atom. The Kier molecular flexibility index (Phi) is 4.66. The molecule has 3 aromatic rings. The summed E-state index contributed by atoms with van der Waals surface area (Å²) >= 11 is 5.92. The molecule has 2 aromatic carbocycles. The fourth-order valence-electron chi connectivity index (χ4n) is 2.14. The minimum atomic E-state index is -1.05. The topological polar surface area (TPSA) is 78.5 Å². The number of aromatic nitrogens is 1. The number of oxazole rings is 1. The van der Waals surface area contributed by atoms with Gasteiger partial charge in [0.05, 0.1) is 23.3 Å². The first kappa shape index (κ1) is 16.6. The lowest BCUT2D eigenvalue weighted by Crippen LogP contribution is -2.22. The van der Waals surface area contributed by atoms with E-state index in [1.165, 1.54) is 0 Å². The minimum Gasteiger partial charge on any atom is -0.436 e. The molecule has 5 nitrogen and oxygen atoms in total. The van der Waals surface area contributed by atoms with Gasteiger partial charge in [-0.1, -0.05) is 11.6 Å². The summed E-state index contributed by atoms with van der Waals surface area (Å²) in [6.07, 6.45) is -0.880. The standard InChI is InChI=1S/C16H13ClF2N2O3/c17-11-5-13(19)12(18)4-10(11)16-21-14-3-8(1-2-15(14)24-16)20-6-9(23)7-22/h1-5,9,20,22-23H,6-7H2. The number of hydrogen-bond donors (Lipinski definition) is 3. The van der Waals surface area contributed by atoms with E-state index in [-0.39, 0.29) is 29.6 Å². The number of rotatable bonds is 5. The minimum absolute atomic E-state index is 0.00938. The molecule has 0 fully saturated rings. The van der Waals surface area contributed by atoms with Gasteiger partial charge in [-0.2, -0.15) is 0 Å². The van der Waals surface area contributed by atoms with Crippen LogP contribution in [0.5, 0.6) is 0 Å². The third-order valence-electron chi connectivity index (χ3n) is 3.38. The molecule has 126 valence electrons. The van der Waals surface area contributed by atoms with Crippen LogP contribution in [0.2, 0.25) is 5.02 Å². The molecule has 0 saturated heterocycles. The summed E-state index contributed by atoms with van der Waals surface area (Å²) in [4.78, 5) is 4.23. The smallest absolute Gasteiger partial charge is 0.228 e. The summed E-state index contributed by atoms with van der Waals surface area (Å²) in [5.41, 5.74) is 1.73. The van der Waals surface area contributed by atoms with Crippen molar-refractivity contribution in [1.29, 1.82) is 0 Å². The second-order valence-electron chi connectivity index (χ2n) is 5.16. The highest BCUT2D eigenvalue weighted by Gasteiger charge is 2.16. The van der Waals surface area contributed by atoms with Crippen LogP contribution < -0.4 is 5.32 Å². The summed E-state index contributed by atoms with van der Waals surface area (Å²) in [5.74, 6) is -2.02. The molecule has 1 aromatic heterocycles. The maximum absolute atomic E-state index is 13.4.